The van der Waals surface area contributed by atoms with Crippen LogP contribution in [0, 0.1) is 6.92 Å². The van der Waals surface area contributed by atoms with E-state index in [9.17, 15) is 9.59 Å². The zero-order valence-electron chi connectivity index (χ0n) is 14.9. The Hall–Kier alpha value is -2.69. The Morgan fingerprint density at radius 3 is 2.48 bits per heavy atom. The van der Waals surface area contributed by atoms with E-state index in [1.165, 1.54) is 6.20 Å². The van der Waals surface area contributed by atoms with Gasteiger partial charge in [0, 0.05) is 11.9 Å². The predicted octanol–water partition coefficient (Wildman–Crippen LogP) is 3.59. The highest BCUT2D eigenvalue weighted by atomic mass is 16.5. The Morgan fingerprint density at radius 1 is 1.16 bits per heavy atom. The van der Waals surface area contributed by atoms with Gasteiger partial charge in [-0.25, -0.2) is 4.79 Å². The van der Waals surface area contributed by atoms with Crippen LogP contribution in [0.25, 0.3) is 0 Å². The molecule has 0 aliphatic heterocycles. The summed E-state index contributed by atoms with van der Waals surface area (Å²) in [5.41, 5.74) is 2.19. The first kappa shape index (κ1) is 18.6. The lowest BCUT2D eigenvalue weighted by Gasteiger charge is -2.21. The summed E-state index contributed by atoms with van der Waals surface area (Å²) in [6.45, 7) is 5.47. The largest absolute Gasteiger partial charge is 0.449 e. The second kappa shape index (κ2) is 8.97. The van der Waals surface area contributed by atoms with E-state index in [1.807, 2.05) is 37.3 Å². The number of hydrogen-bond donors (Lipinski definition) is 1. The van der Waals surface area contributed by atoms with Crippen LogP contribution in [-0.4, -0.2) is 23.0 Å². The first-order valence-electron chi connectivity index (χ1n) is 8.50. The molecular weight excluding hydrogens is 316 g/mol. The molecule has 0 saturated heterocycles. The standard InChI is InChI=1S/C20H24N2O3/c1-4-8-18(16-9-6-5-7-10-16)22-19(23)15(3)25-20(24)17-12-11-14(2)21-13-17/h5-7,9-13,15,18H,4,8H2,1-3H3,(H,22,23). The molecule has 0 aliphatic carbocycles. The van der Waals surface area contributed by atoms with E-state index in [1.54, 1.807) is 19.1 Å². The third-order valence-electron chi connectivity index (χ3n) is 3.90. The fraction of sp³-hybridized carbons (Fsp3) is 0.350. The van der Waals surface area contributed by atoms with Gasteiger partial charge in [0.15, 0.2) is 6.10 Å². The molecule has 2 unspecified atom stereocenters. The van der Waals surface area contributed by atoms with Crippen molar-refractivity contribution in [2.45, 2.75) is 45.8 Å². The Morgan fingerprint density at radius 2 is 1.88 bits per heavy atom. The molecule has 0 bridgehead atoms. The van der Waals surface area contributed by atoms with E-state index >= 15 is 0 Å². The molecule has 25 heavy (non-hydrogen) atoms. The number of rotatable bonds is 7. The number of aromatic nitrogens is 1. The van der Waals surface area contributed by atoms with Crippen molar-refractivity contribution in [2.75, 3.05) is 0 Å². The molecule has 5 heteroatoms. The van der Waals surface area contributed by atoms with Crippen LogP contribution >= 0.6 is 0 Å². The summed E-state index contributed by atoms with van der Waals surface area (Å²) in [6.07, 6.45) is 2.32. The number of pyridine rings is 1. The molecule has 132 valence electrons. The highest BCUT2D eigenvalue weighted by Crippen LogP contribution is 2.18. The number of nitrogens with one attached hydrogen (secondary N) is 1. The third kappa shape index (κ3) is 5.41. The van der Waals surface area contributed by atoms with Crippen molar-refractivity contribution in [1.29, 1.82) is 0 Å². The number of aryl methyl sites for hydroxylation is 1. The number of carbonyl (C=O) groups is 2. The van der Waals surface area contributed by atoms with Gasteiger partial charge in [-0.05, 0) is 38.0 Å². The van der Waals surface area contributed by atoms with Crippen LogP contribution in [0.15, 0.2) is 48.7 Å². The number of amides is 1. The highest BCUT2D eigenvalue weighted by Gasteiger charge is 2.22. The van der Waals surface area contributed by atoms with Gasteiger partial charge < -0.3 is 10.1 Å². The molecular formula is C20H24N2O3. The topological polar surface area (TPSA) is 68.3 Å². The van der Waals surface area contributed by atoms with Crippen molar-refractivity contribution < 1.29 is 14.3 Å². The molecule has 1 amide bonds. The fourth-order valence-electron chi connectivity index (χ4n) is 2.46. The maximum Gasteiger partial charge on any atom is 0.340 e. The first-order chi connectivity index (χ1) is 12.0. The lowest BCUT2D eigenvalue weighted by Crippen LogP contribution is -2.38. The molecule has 1 N–H and O–H groups in total. The summed E-state index contributed by atoms with van der Waals surface area (Å²) in [7, 11) is 0. The minimum atomic E-state index is -0.878. The van der Waals surface area contributed by atoms with Crippen molar-refractivity contribution in [3.05, 3.63) is 65.5 Å². The third-order valence-corrected chi connectivity index (χ3v) is 3.90. The zero-order valence-corrected chi connectivity index (χ0v) is 14.9. The summed E-state index contributed by atoms with van der Waals surface area (Å²) in [5.74, 6) is -0.863. The minimum absolute atomic E-state index is 0.0964. The summed E-state index contributed by atoms with van der Waals surface area (Å²) in [5, 5.41) is 2.97. The molecule has 0 aliphatic rings. The number of benzene rings is 1. The second-order valence-electron chi connectivity index (χ2n) is 6.00. The monoisotopic (exact) mass is 340 g/mol. The molecule has 0 spiro atoms. The summed E-state index contributed by atoms with van der Waals surface area (Å²) >= 11 is 0. The molecule has 2 aromatic rings. The van der Waals surface area contributed by atoms with E-state index in [0.29, 0.717) is 5.56 Å². The quantitative estimate of drug-likeness (QED) is 0.782. The molecule has 1 aromatic heterocycles. The Balaban J connectivity index is 1.98. The molecule has 5 nitrogen and oxygen atoms in total. The maximum atomic E-state index is 12.4. The molecule has 0 saturated carbocycles. The van der Waals surface area contributed by atoms with Crippen molar-refractivity contribution in [3.63, 3.8) is 0 Å². The van der Waals surface area contributed by atoms with Gasteiger partial charge in [-0.15, -0.1) is 0 Å². The predicted molar refractivity (Wildman–Crippen MR) is 96.1 cm³/mol. The lowest BCUT2D eigenvalue weighted by atomic mass is 10.0. The molecule has 0 radical (unpaired) electrons. The molecule has 1 heterocycles. The van der Waals surface area contributed by atoms with Crippen LogP contribution in [0.1, 0.15) is 54.3 Å². The van der Waals surface area contributed by atoms with Gasteiger partial charge in [0.2, 0.25) is 0 Å². The van der Waals surface area contributed by atoms with Gasteiger partial charge in [0.05, 0.1) is 11.6 Å². The highest BCUT2D eigenvalue weighted by molar-refractivity contribution is 5.92. The smallest absolute Gasteiger partial charge is 0.340 e. The second-order valence-corrected chi connectivity index (χ2v) is 6.00. The van der Waals surface area contributed by atoms with Crippen molar-refractivity contribution in [3.8, 4) is 0 Å². The maximum absolute atomic E-state index is 12.4. The lowest BCUT2D eigenvalue weighted by molar-refractivity contribution is -0.129. The van der Waals surface area contributed by atoms with Crippen LogP contribution in [0.5, 0.6) is 0 Å². The van der Waals surface area contributed by atoms with Crippen molar-refractivity contribution in [2.24, 2.45) is 0 Å². The average molecular weight is 340 g/mol. The fourth-order valence-corrected chi connectivity index (χ4v) is 2.46. The van der Waals surface area contributed by atoms with Crippen LogP contribution in [0.2, 0.25) is 0 Å². The first-order valence-corrected chi connectivity index (χ1v) is 8.50. The number of esters is 1. The van der Waals surface area contributed by atoms with Crippen LogP contribution < -0.4 is 5.32 Å². The van der Waals surface area contributed by atoms with E-state index < -0.39 is 12.1 Å². The normalized spacial score (nSPS) is 12.9. The summed E-state index contributed by atoms with van der Waals surface area (Å²) in [4.78, 5) is 28.6. The summed E-state index contributed by atoms with van der Waals surface area (Å²) < 4.78 is 5.26. The van der Waals surface area contributed by atoms with Gasteiger partial charge in [0.1, 0.15) is 0 Å². The van der Waals surface area contributed by atoms with Gasteiger partial charge >= 0.3 is 5.97 Å². The Bertz CT molecular complexity index is 699. The minimum Gasteiger partial charge on any atom is -0.449 e. The van der Waals surface area contributed by atoms with E-state index in [0.717, 1.165) is 24.1 Å². The van der Waals surface area contributed by atoms with E-state index in [4.69, 9.17) is 4.74 Å². The molecule has 2 atom stereocenters. The van der Waals surface area contributed by atoms with E-state index in [-0.39, 0.29) is 11.9 Å². The summed E-state index contributed by atoms with van der Waals surface area (Å²) in [6, 6.07) is 13.1. The number of nitrogens with zero attached hydrogens (tertiary/aromatic N) is 1. The van der Waals surface area contributed by atoms with Crippen LogP contribution in [-0.2, 0) is 9.53 Å². The number of hydrogen-bond acceptors (Lipinski definition) is 4. The number of ether oxygens (including phenoxy) is 1. The Kier molecular flexibility index (Phi) is 6.69. The zero-order chi connectivity index (χ0) is 18.2. The van der Waals surface area contributed by atoms with Crippen molar-refractivity contribution in [1.82, 2.24) is 10.3 Å². The Labute approximate surface area is 148 Å². The van der Waals surface area contributed by atoms with Gasteiger partial charge in [-0.3, -0.25) is 9.78 Å². The van der Waals surface area contributed by atoms with Crippen LogP contribution in [0.3, 0.4) is 0 Å². The van der Waals surface area contributed by atoms with E-state index in [2.05, 4.69) is 17.2 Å². The van der Waals surface area contributed by atoms with Gasteiger partial charge in [-0.2, -0.15) is 0 Å². The van der Waals surface area contributed by atoms with Gasteiger partial charge in [-0.1, -0.05) is 43.7 Å². The van der Waals surface area contributed by atoms with Crippen LogP contribution in [0.4, 0.5) is 0 Å². The average Bonchev–Trinajstić information content (AvgIpc) is 2.62. The molecule has 1 aromatic carbocycles. The molecule has 0 fully saturated rings. The van der Waals surface area contributed by atoms with Gasteiger partial charge in [0.25, 0.3) is 5.91 Å². The molecule has 2 rings (SSSR count). The van der Waals surface area contributed by atoms with Crippen molar-refractivity contribution >= 4 is 11.9 Å². The SMILES string of the molecule is CCCC(NC(=O)C(C)OC(=O)c1ccc(C)nc1)c1ccccc1. The number of carbonyl (C=O) groups excluding carboxylic acids is 2.